The fourth-order valence-electron chi connectivity index (χ4n) is 2.92. The number of carbonyl (C=O) groups excluding carboxylic acids is 1. The average molecular weight is 343 g/mol. The third kappa shape index (κ3) is 5.77. The number of carbonyl (C=O) groups is 1. The Balaban J connectivity index is 0.00000264. The first-order valence-corrected chi connectivity index (χ1v) is 7.75. The molecule has 1 saturated heterocycles. The van der Waals surface area contributed by atoms with E-state index < -0.39 is 0 Å². The Kier molecular flexibility index (Phi) is 8.55. The van der Waals surface area contributed by atoms with E-state index in [1.54, 1.807) is 14.2 Å². The zero-order valence-corrected chi connectivity index (χ0v) is 14.7. The van der Waals surface area contributed by atoms with Crippen LogP contribution in [0, 0.1) is 5.41 Å². The number of nitrogens with one attached hydrogen (secondary N) is 2. The van der Waals surface area contributed by atoms with Gasteiger partial charge in [-0.3, -0.25) is 4.79 Å². The lowest BCUT2D eigenvalue weighted by atomic mass is 9.79. The van der Waals surface area contributed by atoms with Crippen LogP contribution in [-0.2, 0) is 16.1 Å². The smallest absolute Gasteiger partial charge is 0.251 e. The maximum atomic E-state index is 12.3. The summed E-state index contributed by atoms with van der Waals surface area (Å²) in [4.78, 5) is 12.3. The minimum atomic E-state index is -0.0297. The van der Waals surface area contributed by atoms with E-state index in [2.05, 4.69) is 10.6 Å². The number of ether oxygens (including phenoxy) is 2. The van der Waals surface area contributed by atoms with E-state index in [1.165, 1.54) is 0 Å². The Morgan fingerprint density at radius 3 is 2.39 bits per heavy atom. The average Bonchev–Trinajstić information content (AvgIpc) is 2.55. The molecule has 1 aromatic carbocycles. The molecule has 0 aromatic heterocycles. The van der Waals surface area contributed by atoms with Crippen LogP contribution >= 0.6 is 12.4 Å². The fourth-order valence-corrected chi connectivity index (χ4v) is 2.92. The van der Waals surface area contributed by atoms with E-state index in [0.717, 1.165) is 31.5 Å². The second-order valence-corrected chi connectivity index (χ2v) is 6.00. The van der Waals surface area contributed by atoms with Gasteiger partial charge in [0.2, 0.25) is 0 Å². The van der Waals surface area contributed by atoms with Crippen LogP contribution in [0.3, 0.4) is 0 Å². The van der Waals surface area contributed by atoms with E-state index in [4.69, 9.17) is 9.47 Å². The topological polar surface area (TPSA) is 59.6 Å². The highest BCUT2D eigenvalue weighted by Crippen LogP contribution is 2.28. The van der Waals surface area contributed by atoms with Crippen molar-refractivity contribution in [3.8, 4) is 0 Å². The van der Waals surface area contributed by atoms with Gasteiger partial charge >= 0.3 is 0 Å². The second kappa shape index (κ2) is 9.88. The van der Waals surface area contributed by atoms with Crippen LogP contribution in [0.15, 0.2) is 24.3 Å². The highest BCUT2D eigenvalue weighted by molar-refractivity contribution is 5.94. The highest BCUT2D eigenvalue weighted by atomic mass is 35.5. The van der Waals surface area contributed by atoms with Gasteiger partial charge < -0.3 is 20.1 Å². The molecule has 2 N–H and O–H groups in total. The Hall–Kier alpha value is -1.14. The van der Waals surface area contributed by atoms with E-state index >= 15 is 0 Å². The monoisotopic (exact) mass is 342 g/mol. The number of amides is 1. The van der Waals surface area contributed by atoms with E-state index in [9.17, 15) is 4.79 Å². The fraction of sp³-hybridized carbons (Fsp3) is 0.588. The van der Waals surface area contributed by atoms with E-state index in [-0.39, 0.29) is 23.7 Å². The van der Waals surface area contributed by atoms with Crippen molar-refractivity contribution in [3.05, 3.63) is 35.4 Å². The molecule has 5 nitrogen and oxygen atoms in total. The van der Waals surface area contributed by atoms with Crippen LogP contribution in [0.4, 0.5) is 0 Å². The molecule has 0 aliphatic carbocycles. The van der Waals surface area contributed by atoms with Crippen molar-refractivity contribution >= 4 is 18.3 Å². The zero-order chi connectivity index (χ0) is 15.8. The number of piperidine rings is 1. The minimum absolute atomic E-state index is 0. The van der Waals surface area contributed by atoms with Gasteiger partial charge in [-0.25, -0.2) is 0 Å². The molecular weight excluding hydrogens is 316 g/mol. The van der Waals surface area contributed by atoms with Gasteiger partial charge in [-0.1, -0.05) is 12.1 Å². The molecule has 1 fully saturated rings. The Bertz CT molecular complexity index is 468. The summed E-state index contributed by atoms with van der Waals surface area (Å²) >= 11 is 0. The number of methoxy groups -OCH3 is 2. The van der Waals surface area contributed by atoms with Gasteiger partial charge in [0.15, 0.2) is 0 Å². The Morgan fingerprint density at radius 2 is 1.83 bits per heavy atom. The van der Waals surface area contributed by atoms with Crippen molar-refractivity contribution in [2.45, 2.75) is 19.4 Å². The maximum absolute atomic E-state index is 12.3. The molecule has 23 heavy (non-hydrogen) atoms. The summed E-state index contributed by atoms with van der Waals surface area (Å²) in [7, 11) is 3.38. The Morgan fingerprint density at radius 1 is 1.17 bits per heavy atom. The molecule has 0 radical (unpaired) electrons. The van der Waals surface area contributed by atoms with Gasteiger partial charge in [0, 0.05) is 31.7 Å². The van der Waals surface area contributed by atoms with Crippen molar-refractivity contribution in [2.24, 2.45) is 5.41 Å². The molecule has 0 bridgehead atoms. The van der Waals surface area contributed by atoms with Crippen LogP contribution in [0.25, 0.3) is 0 Å². The van der Waals surface area contributed by atoms with Crippen molar-refractivity contribution in [1.82, 2.24) is 10.6 Å². The van der Waals surface area contributed by atoms with Crippen molar-refractivity contribution in [2.75, 3.05) is 40.5 Å². The number of hydrogen-bond acceptors (Lipinski definition) is 4. The first-order chi connectivity index (χ1) is 10.7. The summed E-state index contributed by atoms with van der Waals surface area (Å²) in [6.07, 6.45) is 2.04. The van der Waals surface area contributed by atoms with Crippen molar-refractivity contribution in [3.63, 3.8) is 0 Å². The summed E-state index contributed by atoms with van der Waals surface area (Å²) < 4.78 is 10.4. The van der Waals surface area contributed by atoms with Crippen LogP contribution < -0.4 is 10.6 Å². The molecule has 0 spiro atoms. The number of rotatable bonds is 7. The lowest BCUT2D eigenvalue weighted by Crippen LogP contribution is -2.47. The van der Waals surface area contributed by atoms with Gasteiger partial charge in [-0.15, -0.1) is 12.4 Å². The summed E-state index contributed by atoms with van der Waals surface area (Å²) in [6.45, 7) is 3.85. The van der Waals surface area contributed by atoms with Gasteiger partial charge in [0.05, 0.1) is 13.2 Å². The van der Waals surface area contributed by atoms with Gasteiger partial charge in [0.25, 0.3) is 5.91 Å². The standard InChI is InChI=1S/C17H26N2O3.ClH/c1-21-11-14-3-5-15(6-4-14)16(20)19-12-17(13-22-2)7-9-18-10-8-17;/h3-6,18H,7-13H2,1-2H3,(H,19,20);1H. The quantitative estimate of drug-likeness (QED) is 0.795. The van der Waals surface area contributed by atoms with Crippen LogP contribution in [-0.4, -0.2) is 46.4 Å². The van der Waals surface area contributed by atoms with Gasteiger partial charge in [0.1, 0.15) is 0 Å². The lowest BCUT2D eigenvalue weighted by Gasteiger charge is -2.37. The van der Waals surface area contributed by atoms with Gasteiger partial charge in [-0.2, -0.15) is 0 Å². The molecule has 1 aliphatic rings. The zero-order valence-electron chi connectivity index (χ0n) is 13.9. The van der Waals surface area contributed by atoms with Gasteiger partial charge in [-0.05, 0) is 43.6 Å². The molecule has 1 amide bonds. The van der Waals surface area contributed by atoms with Crippen LogP contribution in [0.1, 0.15) is 28.8 Å². The maximum Gasteiger partial charge on any atom is 0.251 e. The summed E-state index contributed by atoms with van der Waals surface area (Å²) in [6, 6.07) is 7.53. The third-order valence-electron chi connectivity index (χ3n) is 4.27. The van der Waals surface area contributed by atoms with E-state index in [1.807, 2.05) is 24.3 Å². The lowest BCUT2D eigenvalue weighted by molar-refractivity contribution is 0.0511. The Labute approximate surface area is 144 Å². The predicted octanol–water partition coefficient (Wildman–Crippen LogP) is 2.00. The third-order valence-corrected chi connectivity index (χ3v) is 4.27. The summed E-state index contributed by atoms with van der Waals surface area (Å²) in [5.74, 6) is -0.0297. The number of halogens is 1. The first-order valence-electron chi connectivity index (χ1n) is 7.75. The number of hydrogen-bond donors (Lipinski definition) is 2. The normalized spacial score (nSPS) is 16.4. The molecular formula is C17H27ClN2O3. The van der Waals surface area contributed by atoms with Crippen molar-refractivity contribution < 1.29 is 14.3 Å². The molecule has 1 aliphatic heterocycles. The second-order valence-electron chi connectivity index (χ2n) is 6.00. The molecule has 130 valence electrons. The highest BCUT2D eigenvalue weighted by Gasteiger charge is 2.32. The van der Waals surface area contributed by atoms with Crippen LogP contribution in [0.5, 0.6) is 0 Å². The van der Waals surface area contributed by atoms with E-state index in [0.29, 0.717) is 25.3 Å². The SMILES string of the molecule is COCc1ccc(C(=O)NCC2(COC)CCNCC2)cc1.Cl. The molecule has 0 unspecified atom stereocenters. The van der Waals surface area contributed by atoms with Crippen LogP contribution in [0.2, 0.25) is 0 Å². The summed E-state index contributed by atoms with van der Waals surface area (Å²) in [5, 5.41) is 6.42. The first kappa shape index (κ1) is 19.9. The summed E-state index contributed by atoms with van der Waals surface area (Å²) in [5.41, 5.74) is 1.79. The number of benzene rings is 1. The minimum Gasteiger partial charge on any atom is -0.384 e. The molecule has 1 aromatic rings. The predicted molar refractivity (Wildman–Crippen MR) is 93.1 cm³/mol. The molecule has 1 heterocycles. The van der Waals surface area contributed by atoms with Crippen molar-refractivity contribution in [1.29, 1.82) is 0 Å². The molecule has 0 atom stereocenters. The molecule has 6 heteroatoms. The largest absolute Gasteiger partial charge is 0.384 e. The molecule has 0 saturated carbocycles. The molecule has 2 rings (SSSR count).